The lowest BCUT2D eigenvalue weighted by Gasteiger charge is -2.18. The average molecular weight is 280 g/mol. The van der Waals surface area contributed by atoms with Gasteiger partial charge in [0.05, 0.1) is 25.4 Å². The molecule has 0 aliphatic rings. The van der Waals surface area contributed by atoms with Crippen LogP contribution in [0.4, 0.5) is 5.69 Å². The van der Waals surface area contributed by atoms with E-state index in [9.17, 15) is 9.59 Å². The Morgan fingerprint density at radius 2 is 1.70 bits per heavy atom. The molecule has 0 saturated heterocycles. The van der Waals surface area contributed by atoms with Gasteiger partial charge < -0.3 is 21.9 Å². The van der Waals surface area contributed by atoms with Crippen molar-refractivity contribution in [3.05, 3.63) is 24.3 Å². The molecule has 0 aliphatic carbocycles. The lowest BCUT2D eigenvalue weighted by molar-refractivity contribution is -0.121. The summed E-state index contributed by atoms with van der Waals surface area (Å²) in [7, 11) is 0. The van der Waals surface area contributed by atoms with Crippen LogP contribution in [0.15, 0.2) is 24.3 Å². The van der Waals surface area contributed by atoms with E-state index in [1.165, 1.54) is 0 Å². The number of ether oxygens (including phenoxy) is 1. The predicted molar refractivity (Wildman–Crippen MR) is 75.8 cm³/mol. The molecule has 0 radical (unpaired) electrons. The molecule has 20 heavy (non-hydrogen) atoms. The van der Waals surface area contributed by atoms with Crippen LogP contribution in [0, 0.1) is 0 Å². The van der Waals surface area contributed by atoms with Crippen molar-refractivity contribution in [1.82, 2.24) is 4.90 Å². The molecule has 0 aliphatic heterocycles. The normalized spacial score (nSPS) is 10.4. The quantitative estimate of drug-likeness (QED) is 0.408. The van der Waals surface area contributed by atoms with Crippen LogP contribution >= 0.6 is 0 Å². The van der Waals surface area contributed by atoms with Gasteiger partial charge in [-0.25, -0.2) is 0 Å². The fourth-order valence-corrected chi connectivity index (χ4v) is 1.74. The van der Waals surface area contributed by atoms with Crippen LogP contribution in [0.25, 0.3) is 0 Å². The predicted octanol–water partition coefficient (Wildman–Crippen LogP) is -0.690. The van der Waals surface area contributed by atoms with Gasteiger partial charge >= 0.3 is 0 Å². The number of carbonyl (C=O) groups is 2. The van der Waals surface area contributed by atoms with Crippen LogP contribution < -0.4 is 21.9 Å². The first kappa shape index (κ1) is 15.8. The standard InChI is InChI=1S/C13H20N4O3/c14-10-4-1-2-5-11(10)20-7-3-6-17(8-12(15)18)9-13(16)19/h1-2,4-5H,3,6-9,14H2,(H2,15,18)(H2,16,19). The topological polar surface area (TPSA) is 125 Å². The van der Waals surface area contributed by atoms with E-state index in [4.69, 9.17) is 21.9 Å². The third-order valence-electron chi connectivity index (χ3n) is 2.55. The van der Waals surface area contributed by atoms with Gasteiger partial charge in [-0.05, 0) is 18.6 Å². The summed E-state index contributed by atoms with van der Waals surface area (Å²) in [6.45, 7) is 0.897. The zero-order chi connectivity index (χ0) is 15.0. The van der Waals surface area contributed by atoms with Crippen molar-refractivity contribution in [3.8, 4) is 5.75 Å². The maximum atomic E-state index is 10.9. The molecule has 110 valence electrons. The lowest BCUT2D eigenvalue weighted by atomic mass is 10.3. The van der Waals surface area contributed by atoms with Crippen molar-refractivity contribution >= 4 is 17.5 Å². The summed E-state index contributed by atoms with van der Waals surface area (Å²) >= 11 is 0. The van der Waals surface area contributed by atoms with Crippen molar-refractivity contribution in [2.45, 2.75) is 6.42 Å². The smallest absolute Gasteiger partial charge is 0.231 e. The number of rotatable bonds is 9. The highest BCUT2D eigenvalue weighted by Crippen LogP contribution is 2.19. The number of primary amides is 2. The zero-order valence-corrected chi connectivity index (χ0v) is 11.2. The molecule has 0 atom stereocenters. The molecule has 0 heterocycles. The van der Waals surface area contributed by atoms with Crippen molar-refractivity contribution in [2.24, 2.45) is 11.5 Å². The average Bonchev–Trinajstić information content (AvgIpc) is 2.35. The number of para-hydroxylation sites is 2. The van der Waals surface area contributed by atoms with Crippen LogP contribution in [0.3, 0.4) is 0 Å². The summed E-state index contributed by atoms with van der Waals surface area (Å²) in [6, 6.07) is 7.18. The van der Waals surface area contributed by atoms with Gasteiger partial charge in [-0.15, -0.1) is 0 Å². The summed E-state index contributed by atoms with van der Waals surface area (Å²) in [4.78, 5) is 23.3. The second kappa shape index (κ2) is 8.00. The highest BCUT2D eigenvalue weighted by Gasteiger charge is 2.10. The van der Waals surface area contributed by atoms with Gasteiger partial charge in [0.1, 0.15) is 5.75 Å². The maximum Gasteiger partial charge on any atom is 0.231 e. The molecule has 2 amide bonds. The molecule has 1 aromatic rings. The monoisotopic (exact) mass is 280 g/mol. The second-order valence-electron chi connectivity index (χ2n) is 4.38. The van der Waals surface area contributed by atoms with E-state index in [1.807, 2.05) is 12.1 Å². The lowest BCUT2D eigenvalue weighted by Crippen LogP contribution is -2.40. The van der Waals surface area contributed by atoms with Crippen LogP contribution in [0.1, 0.15) is 6.42 Å². The molecule has 0 saturated carbocycles. The number of hydrogen-bond donors (Lipinski definition) is 3. The van der Waals surface area contributed by atoms with Gasteiger partial charge in [-0.2, -0.15) is 0 Å². The molecule has 6 N–H and O–H groups in total. The van der Waals surface area contributed by atoms with Crippen molar-refractivity contribution in [3.63, 3.8) is 0 Å². The Balaban J connectivity index is 2.35. The van der Waals surface area contributed by atoms with Crippen molar-refractivity contribution < 1.29 is 14.3 Å². The number of nitrogen functional groups attached to an aromatic ring is 1. The van der Waals surface area contributed by atoms with Crippen LogP contribution in [0.2, 0.25) is 0 Å². The minimum Gasteiger partial charge on any atom is -0.491 e. The van der Waals surface area contributed by atoms with E-state index in [0.29, 0.717) is 31.0 Å². The first-order chi connectivity index (χ1) is 9.49. The summed E-state index contributed by atoms with van der Waals surface area (Å²) in [6.07, 6.45) is 0.620. The van der Waals surface area contributed by atoms with Crippen LogP contribution in [-0.2, 0) is 9.59 Å². The summed E-state index contributed by atoms with van der Waals surface area (Å²) < 4.78 is 5.51. The second-order valence-corrected chi connectivity index (χ2v) is 4.38. The fraction of sp³-hybridized carbons (Fsp3) is 0.385. The SMILES string of the molecule is NC(=O)CN(CCCOc1ccccc1N)CC(N)=O. The maximum absolute atomic E-state index is 10.9. The third-order valence-corrected chi connectivity index (χ3v) is 2.55. The van der Waals surface area contributed by atoms with Gasteiger partial charge in [0.15, 0.2) is 0 Å². The molecule has 0 fully saturated rings. The molecular formula is C13H20N4O3. The number of hydrogen-bond acceptors (Lipinski definition) is 5. The minimum atomic E-state index is -0.500. The van der Waals surface area contributed by atoms with Gasteiger partial charge in [-0.1, -0.05) is 12.1 Å². The van der Waals surface area contributed by atoms with Gasteiger partial charge in [0.25, 0.3) is 0 Å². The van der Waals surface area contributed by atoms with E-state index in [1.54, 1.807) is 17.0 Å². The van der Waals surface area contributed by atoms with E-state index >= 15 is 0 Å². The number of nitrogens with two attached hydrogens (primary N) is 3. The zero-order valence-electron chi connectivity index (χ0n) is 11.2. The first-order valence-corrected chi connectivity index (χ1v) is 6.25. The molecule has 0 bridgehead atoms. The Morgan fingerprint density at radius 1 is 1.10 bits per heavy atom. The van der Waals surface area contributed by atoms with E-state index in [0.717, 1.165) is 0 Å². The molecule has 0 unspecified atom stereocenters. The van der Waals surface area contributed by atoms with Crippen LogP contribution in [-0.4, -0.2) is 43.0 Å². The molecule has 1 aromatic carbocycles. The molecular weight excluding hydrogens is 260 g/mol. The van der Waals surface area contributed by atoms with Crippen molar-refractivity contribution in [2.75, 3.05) is 32.0 Å². The number of carbonyl (C=O) groups excluding carboxylic acids is 2. The summed E-state index contributed by atoms with van der Waals surface area (Å²) in [5.41, 5.74) is 16.5. The number of nitrogens with zero attached hydrogens (tertiary/aromatic N) is 1. The van der Waals surface area contributed by atoms with E-state index in [-0.39, 0.29) is 13.1 Å². The number of benzene rings is 1. The van der Waals surface area contributed by atoms with Gasteiger partial charge in [0, 0.05) is 6.54 Å². The fourth-order valence-electron chi connectivity index (χ4n) is 1.74. The highest BCUT2D eigenvalue weighted by molar-refractivity contribution is 5.79. The van der Waals surface area contributed by atoms with E-state index < -0.39 is 11.8 Å². The molecule has 0 spiro atoms. The van der Waals surface area contributed by atoms with Gasteiger partial charge in [-0.3, -0.25) is 14.5 Å². The number of anilines is 1. The van der Waals surface area contributed by atoms with E-state index in [2.05, 4.69) is 0 Å². The molecule has 1 rings (SSSR count). The Kier molecular flexibility index (Phi) is 6.31. The highest BCUT2D eigenvalue weighted by atomic mass is 16.5. The molecule has 7 heteroatoms. The first-order valence-electron chi connectivity index (χ1n) is 6.25. The Bertz CT molecular complexity index is 449. The Morgan fingerprint density at radius 3 is 2.25 bits per heavy atom. The molecule has 7 nitrogen and oxygen atoms in total. The third kappa shape index (κ3) is 6.05. The number of amides is 2. The largest absolute Gasteiger partial charge is 0.491 e. The minimum absolute atomic E-state index is 0.00356. The summed E-state index contributed by atoms with van der Waals surface area (Å²) in [5, 5.41) is 0. The Hall–Kier alpha value is -2.28. The van der Waals surface area contributed by atoms with Crippen molar-refractivity contribution in [1.29, 1.82) is 0 Å². The Labute approximate surface area is 117 Å². The van der Waals surface area contributed by atoms with Gasteiger partial charge in [0.2, 0.25) is 11.8 Å². The van der Waals surface area contributed by atoms with Crippen LogP contribution in [0.5, 0.6) is 5.75 Å². The molecule has 0 aromatic heterocycles. The summed E-state index contributed by atoms with van der Waals surface area (Å²) in [5.74, 6) is -0.386.